The monoisotopic (exact) mass is 348 g/mol. The van der Waals surface area contributed by atoms with Crippen LogP contribution in [0.4, 0.5) is 4.39 Å². The third-order valence-electron chi connectivity index (χ3n) is 3.75. The van der Waals surface area contributed by atoms with Crippen molar-refractivity contribution in [3.8, 4) is 11.5 Å². The molecule has 26 heavy (non-hydrogen) atoms. The number of fused-ring (bicyclic) bond motifs is 1. The van der Waals surface area contributed by atoms with Gasteiger partial charge in [-0.1, -0.05) is 6.07 Å². The minimum absolute atomic E-state index is 0.136. The van der Waals surface area contributed by atoms with Gasteiger partial charge in [0.2, 0.25) is 0 Å². The average molecular weight is 348 g/mol. The van der Waals surface area contributed by atoms with Crippen molar-refractivity contribution in [2.75, 3.05) is 0 Å². The maximum Gasteiger partial charge on any atom is 0.172 e. The van der Waals surface area contributed by atoms with Gasteiger partial charge in [0, 0.05) is 30.4 Å². The van der Waals surface area contributed by atoms with E-state index in [1.165, 1.54) is 12.3 Å². The zero-order valence-corrected chi connectivity index (χ0v) is 13.5. The van der Waals surface area contributed by atoms with Crippen LogP contribution < -0.4 is 4.74 Å². The molecule has 0 atom stereocenters. The van der Waals surface area contributed by atoms with E-state index in [9.17, 15) is 9.18 Å². The van der Waals surface area contributed by atoms with Gasteiger partial charge in [-0.25, -0.2) is 9.37 Å². The third-order valence-corrected chi connectivity index (χ3v) is 3.75. The Bertz CT molecular complexity index is 1080. The van der Waals surface area contributed by atoms with E-state index in [4.69, 9.17) is 4.74 Å². The number of carbonyl (C=O) groups is 1. The Hall–Kier alpha value is -3.61. The van der Waals surface area contributed by atoms with Gasteiger partial charge in [-0.15, -0.1) is 0 Å². The summed E-state index contributed by atoms with van der Waals surface area (Å²) in [7, 11) is 0. The van der Waals surface area contributed by atoms with E-state index >= 15 is 0 Å². The number of imidazole rings is 1. The van der Waals surface area contributed by atoms with Gasteiger partial charge in [-0.05, 0) is 18.2 Å². The smallest absolute Gasteiger partial charge is 0.172 e. The molecule has 0 aliphatic carbocycles. The summed E-state index contributed by atoms with van der Waals surface area (Å²) in [5, 5.41) is 0. The molecule has 4 aromatic heterocycles. The highest BCUT2D eigenvalue weighted by molar-refractivity contribution is 6.02. The summed E-state index contributed by atoms with van der Waals surface area (Å²) in [5.74, 6) is -0.0137. The molecule has 4 aromatic rings. The Labute approximate surface area is 147 Å². The lowest BCUT2D eigenvalue weighted by Crippen LogP contribution is -2.07. The first kappa shape index (κ1) is 15.9. The molecule has 0 fully saturated rings. The normalized spacial score (nSPS) is 10.8. The number of rotatable bonds is 5. The fourth-order valence-corrected chi connectivity index (χ4v) is 2.61. The minimum Gasteiger partial charge on any atom is -0.454 e. The van der Waals surface area contributed by atoms with Crippen LogP contribution in [0.5, 0.6) is 11.5 Å². The first-order valence-corrected chi connectivity index (χ1v) is 7.87. The van der Waals surface area contributed by atoms with Crippen molar-refractivity contribution < 1.29 is 13.9 Å². The molecule has 128 valence electrons. The lowest BCUT2D eigenvalue weighted by atomic mass is 10.1. The zero-order valence-electron chi connectivity index (χ0n) is 13.5. The van der Waals surface area contributed by atoms with Gasteiger partial charge in [0.15, 0.2) is 5.78 Å². The highest BCUT2D eigenvalue weighted by Crippen LogP contribution is 2.25. The van der Waals surface area contributed by atoms with Crippen LogP contribution in [-0.4, -0.2) is 25.1 Å². The molecule has 0 aliphatic rings. The van der Waals surface area contributed by atoms with Crippen molar-refractivity contribution in [1.29, 1.82) is 0 Å². The SMILES string of the molecule is O=C(Cc1ccccn1)c1cc(Oc2cncc(F)c2)cn2ccnc12. The summed E-state index contributed by atoms with van der Waals surface area (Å²) in [4.78, 5) is 24.9. The molecule has 0 N–H and O–H groups in total. The molecule has 0 spiro atoms. The van der Waals surface area contributed by atoms with Gasteiger partial charge in [0.1, 0.15) is 23.0 Å². The molecular weight excluding hydrogens is 335 g/mol. The molecule has 0 saturated heterocycles. The fourth-order valence-electron chi connectivity index (χ4n) is 2.61. The second-order valence-corrected chi connectivity index (χ2v) is 5.61. The number of Topliss-reactive ketones (excluding diaryl/α,β-unsaturated/α-hetero) is 1. The second-order valence-electron chi connectivity index (χ2n) is 5.61. The number of ether oxygens (including phenoxy) is 1. The molecular formula is C19H13FN4O2. The molecule has 0 unspecified atom stereocenters. The molecule has 0 amide bonds. The Balaban J connectivity index is 1.69. The van der Waals surface area contributed by atoms with Crippen LogP contribution >= 0.6 is 0 Å². The molecule has 6 nitrogen and oxygen atoms in total. The highest BCUT2D eigenvalue weighted by Gasteiger charge is 2.16. The molecule has 4 rings (SSSR count). The molecule has 0 aromatic carbocycles. The molecule has 0 bridgehead atoms. The lowest BCUT2D eigenvalue weighted by molar-refractivity contribution is 0.0992. The van der Waals surface area contributed by atoms with E-state index < -0.39 is 5.82 Å². The van der Waals surface area contributed by atoms with Crippen LogP contribution in [0.25, 0.3) is 5.65 Å². The fraction of sp³-hybridized carbons (Fsp3) is 0.0526. The van der Waals surface area contributed by atoms with Crippen molar-refractivity contribution in [3.63, 3.8) is 0 Å². The Morgan fingerprint density at radius 2 is 2.04 bits per heavy atom. The highest BCUT2D eigenvalue weighted by atomic mass is 19.1. The summed E-state index contributed by atoms with van der Waals surface area (Å²) < 4.78 is 20.7. The molecule has 0 radical (unpaired) electrons. The van der Waals surface area contributed by atoms with Crippen LogP contribution in [0.1, 0.15) is 16.1 Å². The average Bonchev–Trinajstić information content (AvgIpc) is 3.10. The van der Waals surface area contributed by atoms with E-state index in [2.05, 4.69) is 15.0 Å². The zero-order chi connectivity index (χ0) is 17.9. The summed E-state index contributed by atoms with van der Waals surface area (Å²) in [6.45, 7) is 0. The molecule has 4 heterocycles. The Kier molecular flexibility index (Phi) is 4.10. The largest absolute Gasteiger partial charge is 0.454 e. The predicted molar refractivity (Wildman–Crippen MR) is 91.7 cm³/mol. The van der Waals surface area contributed by atoms with Crippen LogP contribution in [0.2, 0.25) is 0 Å². The first-order valence-electron chi connectivity index (χ1n) is 7.87. The second kappa shape index (κ2) is 6.72. The van der Waals surface area contributed by atoms with Crippen molar-refractivity contribution >= 4 is 11.4 Å². The number of hydrogen-bond donors (Lipinski definition) is 0. The van der Waals surface area contributed by atoms with Crippen molar-refractivity contribution in [2.24, 2.45) is 0 Å². The van der Waals surface area contributed by atoms with E-state index in [0.29, 0.717) is 22.7 Å². The first-order chi connectivity index (χ1) is 12.7. The Morgan fingerprint density at radius 1 is 1.12 bits per heavy atom. The van der Waals surface area contributed by atoms with Gasteiger partial charge in [0.25, 0.3) is 0 Å². The minimum atomic E-state index is -0.502. The van der Waals surface area contributed by atoms with Crippen molar-refractivity contribution in [3.05, 3.63) is 84.6 Å². The number of hydrogen-bond acceptors (Lipinski definition) is 5. The van der Waals surface area contributed by atoms with Gasteiger partial charge in [-0.3, -0.25) is 14.8 Å². The summed E-state index contributed by atoms with van der Waals surface area (Å²) >= 11 is 0. The summed E-state index contributed by atoms with van der Waals surface area (Å²) in [6, 6.07) is 8.23. The number of halogens is 1. The molecule has 7 heteroatoms. The van der Waals surface area contributed by atoms with E-state index in [-0.39, 0.29) is 18.0 Å². The standard InChI is InChI=1S/C19H13FN4O2/c20-13-7-15(11-21-10-13)26-16-9-17(19-23-5-6-24(19)12-16)18(25)8-14-3-1-2-4-22-14/h1-7,9-12H,8H2. The van der Waals surface area contributed by atoms with Crippen molar-refractivity contribution in [1.82, 2.24) is 19.4 Å². The molecule has 0 saturated carbocycles. The summed E-state index contributed by atoms with van der Waals surface area (Å²) in [5.41, 5.74) is 1.60. The number of carbonyl (C=O) groups excluding carboxylic acids is 1. The van der Waals surface area contributed by atoms with Gasteiger partial charge in [-0.2, -0.15) is 0 Å². The maximum absolute atomic E-state index is 13.3. The van der Waals surface area contributed by atoms with Crippen LogP contribution in [0, 0.1) is 5.82 Å². The quantitative estimate of drug-likeness (QED) is 0.517. The van der Waals surface area contributed by atoms with E-state index in [1.54, 1.807) is 47.4 Å². The summed E-state index contributed by atoms with van der Waals surface area (Å²) in [6.07, 6.45) is 9.26. The van der Waals surface area contributed by atoms with Crippen LogP contribution in [0.3, 0.4) is 0 Å². The Morgan fingerprint density at radius 3 is 2.85 bits per heavy atom. The number of aromatic nitrogens is 4. The van der Waals surface area contributed by atoms with E-state index in [1.807, 2.05) is 6.07 Å². The lowest BCUT2D eigenvalue weighted by Gasteiger charge is -2.09. The van der Waals surface area contributed by atoms with Gasteiger partial charge in [0.05, 0.1) is 30.6 Å². The van der Waals surface area contributed by atoms with Crippen LogP contribution in [-0.2, 0) is 6.42 Å². The number of nitrogens with zero attached hydrogens (tertiary/aromatic N) is 4. The topological polar surface area (TPSA) is 69.4 Å². The third kappa shape index (κ3) is 3.27. The van der Waals surface area contributed by atoms with E-state index in [0.717, 1.165) is 6.20 Å². The number of pyridine rings is 3. The number of ketones is 1. The van der Waals surface area contributed by atoms with Gasteiger partial charge >= 0.3 is 0 Å². The van der Waals surface area contributed by atoms with Gasteiger partial charge < -0.3 is 9.14 Å². The predicted octanol–water partition coefficient (Wildman–Crippen LogP) is 3.48. The molecule has 0 aliphatic heterocycles. The maximum atomic E-state index is 13.3. The van der Waals surface area contributed by atoms with Crippen molar-refractivity contribution in [2.45, 2.75) is 6.42 Å². The van der Waals surface area contributed by atoms with Crippen LogP contribution in [0.15, 0.2) is 67.5 Å².